The molecule has 0 spiro atoms. The van der Waals surface area contributed by atoms with E-state index in [1.54, 1.807) is 7.11 Å². The summed E-state index contributed by atoms with van der Waals surface area (Å²) in [5.41, 5.74) is 5.30. The normalized spacial score (nSPS) is 16.9. The predicted molar refractivity (Wildman–Crippen MR) is 69.8 cm³/mol. The Bertz CT molecular complexity index is 374. The van der Waals surface area contributed by atoms with Gasteiger partial charge in [-0.2, -0.15) is 0 Å². The molecule has 1 saturated carbocycles. The molecule has 0 saturated heterocycles. The third kappa shape index (κ3) is 3.20. The van der Waals surface area contributed by atoms with E-state index in [-0.39, 0.29) is 6.04 Å². The summed E-state index contributed by atoms with van der Waals surface area (Å²) in [5.74, 6) is 7.53. The summed E-state index contributed by atoms with van der Waals surface area (Å²) in [7, 11) is 1.71. The SMILES string of the molecule is COc1cc(C(CCC2CC2)NN)ccc1C. The van der Waals surface area contributed by atoms with Crippen molar-refractivity contribution < 1.29 is 4.74 Å². The van der Waals surface area contributed by atoms with Crippen LogP contribution in [0.5, 0.6) is 5.75 Å². The number of ether oxygens (including phenoxy) is 1. The fraction of sp³-hybridized carbons (Fsp3) is 0.571. The highest BCUT2D eigenvalue weighted by Crippen LogP contribution is 2.36. The zero-order valence-electron chi connectivity index (χ0n) is 10.7. The first-order valence-corrected chi connectivity index (χ1v) is 6.35. The average Bonchev–Trinajstić information content (AvgIpc) is 3.15. The topological polar surface area (TPSA) is 47.3 Å². The van der Waals surface area contributed by atoms with Crippen LogP contribution in [0.4, 0.5) is 0 Å². The van der Waals surface area contributed by atoms with E-state index in [1.165, 1.54) is 24.8 Å². The summed E-state index contributed by atoms with van der Waals surface area (Å²) in [6.45, 7) is 2.05. The Labute approximate surface area is 103 Å². The second-order valence-corrected chi connectivity index (χ2v) is 4.97. The third-order valence-electron chi connectivity index (χ3n) is 3.60. The van der Waals surface area contributed by atoms with Gasteiger partial charge in [0.1, 0.15) is 5.75 Å². The number of aryl methyl sites for hydroxylation is 1. The molecule has 1 aliphatic carbocycles. The van der Waals surface area contributed by atoms with Crippen LogP contribution in [-0.4, -0.2) is 7.11 Å². The van der Waals surface area contributed by atoms with Crippen LogP contribution >= 0.6 is 0 Å². The standard InChI is InChI=1S/C14H22N2O/c1-10-3-7-12(9-14(10)17-2)13(16-15)8-6-11-4-5-11/h3,7,9,11,13,16H,4-6,8,15H2,1-2H3. The maximum atomic E-state index is 5.65. The molecule has 94 valence electrons. The van der Waals surface area contributed by atoms with Gasteiger partial charge in [-0.15, -0.1) is 0 Å². The molecule has 0 amide bonds. The number of hydrazine groups is 1. The van der Waals surface area contributed by atoms with Crippen molar-refractivity contribution in [3.05, 3.63) is 29.3 Å². The summed E-state index contributed by atoms with van der Waals surface area (Å²) in [4.78, 5) is 0. The number of rotatable bonds is 6. The molecule has 1 aliphatic rings. The number of hydrogen-bond donors (Lipinski definition) is 2. The van der Waals surface area contributed by atoms with Crippen molar-refractivity contribution in [3.63, 3.8) is 0 Å². The Kier molecular flexibility index (Phi) is 4.02. The number of benzene rings is 1. The zero-order chi connectivity index (χ0) is 12.3. The van der Waals surface area contributed by atoms with Gasteiger partial charge in [0.25, 0.3) is 0 Å². The lowest BCUT2D eigenvalue weighted by Crippen LogP contribution is -2.28. The van der Waals surface area contributed by atoms with Gasteiger partial charge in [-0.25, -0.2) is 0 Å². The Morgan fingerprint density at radius 2 is 2.24 bits per heavy atom. The van der Waals surface area contributed by atoms with Crippen LogP contribution in [-0.2, 0) is 0 Å². The van der Waals surface area contributed by atoms with Gasteiger partial charge in [0.05, 0.1) is 7.11 Å². The van der Waals surface area contributed by atoms with E-state index in [1.807, 2.05) is 0 Å². The fourth-order valence-corrected chi connectivity index (χ4v) is 2.21. The van der Waals surface area contributed by atoms with Gasteiger partial charge in [0.2, 0.25) is 0 Å². The lowest BCUT2D eigenvalue weighted by molar-refractivity contribution is 0.408. The summed E-state index contributed by atoms with van der Waals surface area (Å²) < 4.78 is 5.35. The quantitative estimate of drug-likeness (QED) is 0.587. The molecular weight excluding hydrogens is 212 g/mol. The van der Waals surface area contributed by atoms with Crippen LogP contribution in [0, 0.1) is 12.8 Å². The van der Waals surface area contributed by atoms with Crippen molar-refractivity contribution >= 4 is 0 Å². The van der Waals surface area contributed by atoms with E-state index in [2.05, 4.69) is 30.5 Å². The van der Waals surface area contributed by atoms with Crippen molar-refractivity contribution in [3.8, 4) is 5.75 Å². The number of nitrogens with two attached hydrogens (primary N) is 1. The molecule has 0 radical (unpaired) electrons. The molecule has 0 aromatic heterocycles. The molecule has 0 aliphatic heterocycles. The van der Waals surface area contributed by atoms with Crippen LogP contribution in [0.1, 0.15) is 42.9 Å². The van der Waals surface area contributed by atoms with Crippen molar-refractivity contribution in [1.29, 1.82) is 0 Å². The van der Waals surface area contributed by atoms with E-state index in [4.69, 9.17) is 10.6 Å². The molecular formula is C14H22N2O. The van der Waals surface area contributed by atoms with Crippen molar-refractivity contribution in [2.24, 2.45) is 11.8 Å². The van der Waals surface area contributed by atoms with Gasteiger partial charge in [0, 0.05) is 6.04 Å². The minimum Gasteiger partial charge on any atom is -0.496 e. The molecule has 0 heterocycles. The van der Waals surface area contributed by atoms with Gasteiger partial charge in [0.15, 0.2) is 0 Å². The second kappa shape index (κ2) is 5.52. The van der Waals surface area contributed by atoms with Gasteiger partial charge < -0.3 is 4.74 Å². The third-order valence-corrected chi connectivity index (χ3v) is 3.60. The van der Waals surface area contributed by atoms with Crippen molar-refractivity contribution in [2.75, 3.05) is 7.11 Å². The van der Waals surface area contributed by atoms with Gasteiger partial charge in [-0.3, -0.25) is 11.3 Å². The first-order chi connectivity index (χ1) is 8.24. The van der Waals surface area contributed by atoms with Crippen LogP contribution in [0.3, 0.4) is 0 Å². The number of methoxy groups -OCH3 is 1. The average molecular weight is 234 g/mol. The predicted octanol–water partition coefficient (Wildman–Crippen LogP) is 2.70. The highest BCUT2D eigenvalue weighted by atomic mass is 16.5. The minimum atomic E-state index is 0.241. The number of hydrogen-bond acceptors (Lipinski definition) is 3. The maximum Gasteiger partial charge on any atom is 0.122 e. The van der Waals surface area contributed by atoms with E-state index in [9.17, 15) is 0 Å². The maximum absolute atomic E-state index is 5.65. The molecule has 2 rings (SSSR count). The van der Waals surface area contributed by atoms with Crippen LogP contribution in [0.2, 0.25) is 0 Å². The Morgan fingerprint density at radius 1 is 1.47 bits per heavy atom. The Morgan fingerprint density at radius 3 is 2.82 bits per heavy atom. The van der Waals surface area contributed by atoms with E-state index >= 15 is 0 Å². The van der Waals surface area contributed by atoms with Crippen LogP contribution in [0.15, 0.2) is 18.2 Å². The Balaban J connectivity index is 2.05. The largest absolute Gasteiger partial charge is 0.496 e. The zero-order valence-corrected chi connectivity index (χ0v) is 10.7. The monoisotopic (exact) mass is 234 g/mol. The molecule has 0 bridgehead atoms. The Hall–Kier alpha value is -1.06. The molecule has 3 N–H and O–H groups in total. The van der Waals surface area contributed by atoms with Crippen LogP contribution in [0.25, 0.3) is 0 Å². The van der Waals surface area contributed by atoms with Gasteiger partial charge >= 0.3 is 0 Å². The molecule has 1 unspecified atom stereocenters. The second-order valence-electron chi connectivity index (χ2n) is 4.97. The smallest absolute Gasteiger partial charge is 0.122 e. The molecule has 3 nitrogen and oxygen atoms in total. The van der Waals surface area contributed by atoms with Gasteiger partial charge in [-0.05, 0) is 42.9 Å². The molecule has 17 heavy (non-hydrogen) atoms. The molecule has 1 aromatic carbocycles. The lowest BCUT2D eigenvalue weighted by Gasteiger charge is -2.17. The van der Waals surface area contributed by atoms with E-state index in [0.29, 0.717) is 0 Å². The first-order valence-electron chi connectivity index (χ1n) is 6.35. The molecule has 1 fully saturated rings. The van der Waals surface area contributed by atoms with Crippen LogP contribution < -0.4 is 16.0 Å². The molecule has 1 aromatic rings. The highest BCUT2D eigenvalue weighted by Gasteiger charge is 2.22. The van der Waals surface area contributed by atoms with Crippen molar-refractivity contribution in [2.45, 2.75) is 38.6 Å². The highest BCUT2D eigenvalue weighted by molar-refractivity contribution is 5.37. The molecule has 3 heteroatoms. The van der Waals surface area contributed by atoms with Crippen molar-refractivity contribution in [1.82, 2.24) is 5.43 Å². The lowest BCUT2D eigenvalue weighted by atomic mass is 9.99. The summed E-state index contributed by atoms with van der Waals surface area (Å²) in [6, 6.07) is 6.56. The molecule has 1 atom stereocenters. The fourth-order valence-electron chi connectivity index (χ4n) is 2.21. The first kappa shape index (κ1) is 12.4. The van der Waals surface area contributed by atoms with E-state index < -0.39 is 0 Å². The summed E-state index contributed by atoms with van der Waals surface area (Å²) in [6.07, 6.45) is 5.17. The summed E-state index contributed by atoms with van der Waals surface area (Å²) in [5, 5.41) is 0. The van der Waals surface area contributed by atoms with E-state index in [0.717, 1.165) is 23.7 Å². The number of nitrogens with one attached hydrogen (secondary N) is 1. The minimum absolute atomic E-state index is 0.241. The summed E-state index contributed by atoms with van der Waals surface area (Å²) >= 11 is 0. The van der Waals surface area contributed by atoms with Gasteiger partial charge in [-0.1, -0.05) is 25.0 Å².